The number of amides is 1. The van der Waals surface area contributed by atoms with Crippen LogP contribution in [-0.2, 0) is 4.79 Å². The van der Waals surface area contributed by atoms with Crippen LogP contribution in [0.4, 0.5) is 5.82 Å². The van der Waals surface area contributed by atoms with Gasteiger partial charge in [0.15, 0.2) is 0 Å². The summed E-state index contributed by atoms with van der Waals surface area (Å²) in [4.78, 5) is 17.2. The van der Waals surface area contributed by atoms with Crippen LogP contribution in [-0.4, -0.2) is 29.4 Å². The van der Waals surface area contributed by atoms with Crippen molar-refractivity contribution in [3.63, 3.8) is 0 Å². The summed E-state index contributed by atoms with van der Waals surface area (Å²) in [6.45, 7) is 3.78. The predicted molar refractivity (Wildman–Crippen MR) is 67.8 cm³/mol. The normalized spacial score (nSPS) is 20.1. The van der Waals surface area contributed by atoms with E-state index in [1.54, 1.807) is 0 Å². The van der Waals surface area contributed by atoms with Gasteiger partial charge in [-0.2, -0.15) is 0 Å². The fraction of sp³-hybridized carbons (Fsp3) is 0.538. The molecule has 0 aliphatic carbocycles. The van der Waals surface area contributed by atoms with Crippen LogP contribution in [0.5, 0.6) is 0 Å². The van der Waals surface area contributed by atoms with Gasteiger partial charge in [0.05, 0.1) is 6.04 Å². The Hall–Kier alpha value is -1.58. The van der Waals surface area contributed by atoms with Crippen LogP contribution in [0.3, 0.4) is 0 Å². The van der Waals surface area contributed by atoms with Crippen molar-refractivity contribution in [3.8, 4) is 0 Å². The van der Waals surface area contributed by atoms with E-state index < -0.39 is 0 Å². The molecule has 2 rings (SSSR count). The third-order valence-corrected chi connectivity index (χ3v) is 3.21. The Bertz CT molecular complexity index is 363. The number of aromatic nitrogens is 1. The van der Waals surface area contributed by atoms with Crippen LogP contribution < -0.4 is 5.32 Å². The quantitative estimate of drug-likeness (QED) is 0.811. The third kappa shape index (κ3) is 2.75. The van der Waals surface area contributed by atoms with Crippen LogP contribution in [0.25, 0.3) is 0 Å². The number of hydrogen-bond donors (Lipinski definition) is 1. The lowest BCUT2D eigenvalue weighted by molar-refractivity contribution is -0.121. The van der Waals surface area contributed by atoms with Gasteiger partial charge < -0.3 is 10.2 Å². The molecule has 0 bridgehead atoms. The first-order chi connectivity index (χ1) is 8.35. The van der Waals surface area contributed by atoms with Crippen LogP contribution in [0.15, 0.2) is 18.3 Å². The van der Waals surface area contributed by atoms with E-state index in [9.17, 15) is 4.79 Å². The minimum Gasteiger partial charge on any atom is -0.370 e. The molecule has 1 aliphatic rings. The minimum absolute atomic E-state index is 0.212. The van der Waals surface area contributed by atoms with Gasteiger partial charge in [0.2, 0.25) is 6.41 Å². The molecule has 17 heavy (non-hydrogen) atoms. The zero-order chi connectivity index (χ0) is 12.1. The molecule has 1 saturated heterocycles. The highest BCUT2D eigenvalue weighted by molar-refractivity contribution is 5.49. The number of likely N-dealkylation sites (tertiary alicyclic amines) is 1. The maximum Gasteiger partial charge on any atom is 0.210 e. The van der Waals surface area contributed by atoms with Crippen LogP contribution >= 0.6 is 0 Å². The lowest BCUT2D eigenvalue weighted by atomic mass is 9.97. The maximum absolute atomic E-state index is 11.0. The molecule has 1 amide bonds. The van der Waals surface area contributed by atoms with Gasteiger partial charge in [0.1, 0.15) is 5.82 Å². The predicted octanol–water partition coefficient (Wildman–Crippen LogP) is 2.20. The summed E-state index contributed by atoms with van der Waals surface area (Å²) in [6, 6.07) is 4.26. The van der Waals surface area contributed by atoms with Crippen molar-refractivity contribution < 1.29 is 4.79 Å². The van der Waals surface area contributed by atoms with Crippen LogP contribution in [0.1, 0.15) is 37.8 Å². The van der Waals surface area contributed by atoms with Gasteiger partial charge in [-0.3, -0.25) is 4.79 Å². The topological polar surface area (TPSA) is 45.2 Å². The van der Waals surface area contributed by atoms with Gasteiger partial charge >= 0.3 is 0 Å². The molecule has 0 spiro atoms. The molecule has 0 saturated carbocycles. The molecule has 1 aromatic rings. The number of nitrogens with one attached hydrogen (secondary N) is 1. The van der Waals surface area contributed by atoms with E-state index in [-0.39, 0.29) is 6.04 Å². The van der Waals surface area contributed by atoms with Crippen molar-refractivity contribution in [2.24, 2.45) is 0 Å². The average Bonchev–Trinajstić information content (AvgIpc) is 2.40. The lowest BCUT2D eigenvalue weighted by Gasteiger charge is -2.32. The number of carbonyl (C=O) groups is 1. The molecule has 0 radical (unpaired) electrons. The second kappa shape index (κ2) is 5.66. The fourth-order valence-electron chi connectivity index (χ4n) is 2.33. The minimum atomic E-state index is 0.212. The van der Waals surface area contributed by atoms with Crippen molar-refractivity contribution in [2.75, 3.05) is 18.4 Å². The zero-order valence-electron chi connectivity index (χ0n) is 10.2. The number of pyridine rings is 1. The number of carbonyl (C=O) groups excluding carboxylic acids is 1. The first-order valence-electron chi connectivity index (χ1n) is 6.26. The molecule has 1 fully saturated rings. The highest BCUT2D eigenvalue weighted by atomic mass is 16.1. The zero-order valence-corrected chi connectivity index (χ0v) is 10.2. The van der Waals surface area contributed by atoms with Gasteiger partial charge in [0, 0.05) is 19.3 Å². The second-order valence-corrected chi connectivity index (χ2v) is 4.36. The molecule has 1 unspecified atom stereocenters. The van der Waals surface area contributed by atoms with E-state index in [1.165, 1.54) is 6.42 Å². The maximum atomic E-state index is 11.0. The largest absolute Gasteiger partial charge is 0.370 e. The summed E-state index contributed by atoms with van der Waals surface area (Å²) < 4.78 is 0. The van der Waals surface area contributed by atoms with E-state index in [0.29, 0.717) is 0 Å². The summed E-state index contributed by atoms with van der Waals surface area (Å²) in [5, 5.41) is 3.17. The monoisotopic (exact) mass is 233 g/mol. The first-order valence-corrected chi connectivity index (χ1v) is 6.26. The van der Waals surface area contributed by atoms with Gasteiger partial charge in [-0.25, -0.2) is 4.98 Å². The van der Waals surface area contributed by atoms with Crippen molar-refractivity contribution in [2.45, 2.75) is 32.2 Å². The molecule has 1 atom stereocenters. The molecular weight excluding hydrogens is 214 g/mol. The molecule has 4 heteroatoms. The van der Waals surface area contributed by atoms with Crippen molar-refractivity contribution in [3.05, 3.63) is 23.9 Å². The Labute approximate surface area is 102 Å². The number of nitrogens with zero attached hydrogens (tertiary/aromatic N) is 2. The molecule has 1 aliphatic heterocycles. The van der Waals surface area contributed by atoms with E-state index in [0.717, 1.165) is 43.7 Å². The SMILES string of the molecule is CCNc1ccc(C2CCCCN2C=O)cn1. The van der Waals surface area contributed by atoms with Crippen molar-refractivity contribution in [1.29, 1.82) is 0 Å². The van der Waals surface area contributed by atoms with E-state index in [1.807, 2.05) is 24.1 Å². The second-order valence-electron chi connectivity index (χ2n) is 4.36. The standard InChI is InChI=1S/C13H19N3O/c1-2-14-13-7-6-11(9-15-13)12-5-3-4-8-16(12)10-17/h6-7,9-10,12H,2-5,8H2,1H3,(H,14,15). The molecule has 0 aromatic carbocycles. The van der Waals surface area contributed by atoms with E-state index in [4.69, 9.17) is 0 Å². The molecule has 2 heterocycles. The van der Waals surface area contributed by atoms with Crippen LogP contribution in [0, 0.1) is 0 Å². The molecule has 1 aromatic heterocycles. The fourth-order valence-corrected chi connectivity index (χ4v) is 2.33. The van der Waals surface area contributed by atoms with Crippen LogP contribution in [0.2, 0.25) is 0 Å². The third-order valence-electron chi connectivity index (χ3n) is 3.21. The first kappa shape index (κ1) is 11.9. The summed E-state index contributed by atoms with van der Waals surface area (Å²) in [7, 11) is 0. The lowest BCUT2D eigenvalue weighted by Crippen LogP contribution is -2.32. The Kier molecular flexibility index (Phi) is 3.96. The van der Waals surface area contributed by atoms with E-state index in [2.05, 4.69) is 16.4 Å². The van der Waals surface area contributed by atoms with Gasteiger partial charge in [-0.1, -0.05) is 6.07 Å². The summed E-state index contributed by atoms with van der Waals surface area (Å²) >= 11 is 0. The van der Waals surface area contributed by atoms with Crippen molar-refractivity contribution in [1.82, 2.24) is 9.88 Å². The Morgan fingerprint density at radius 2 is 2.41 bits per heavy atom. The Morgan fingerprint density at radius 1 is 1.53 bits per heavy atom. The smallest absolute Gasteiger partial charge is 0.210 e. The van der Waals surface area contributed by atoms with Crippen molar-refractivity contribution >= 4 is 12.2 Å². The summed E-state index contributed by atoms with van der Waals surface area (Å²) in [6.07, 6.45) is 6.18. The Balaban J connectivity index is 2.11. The molecule has 92 valence electrons. The highest BCUT2D eigenvalue weighted by Gasteiger charge is 2.22. The Morgan fingerprint density at radius 3 is 3.06 bits per heavy atom. The number of anilines is 1. The van der Waals surface area contributed by atoms with Gasteiger partial charge in [-0.15, -0.1) is 0 Å². The highest BCUT2D eigenvalue weighted by Crippen LogP contribution is 2.29. The average molecular weight is 233 g/mol. The van der Waals surface area contributed by atoms with Gasteiger partial charge in [0.25, 0.3) is 0 Å². The summed E-state index contributed by atoms with van der Waals surface area (Å²) in [5.74, 6) is 0.893. The van der Waals surface area contributed by atoms with Gasteiger partial charge in [-0.05, 0) is 37.8 Å². The molecule has 4 nitrogen and oxygen atoms in total. The number of rotatable bonds is 4. The van der Waals surface area contributed by atoms with E-state index >= 15 is 0 Å². The molecule has 1 N–H and O–H groups in total. The summed E-state index contributed by atoms with van der Waals surface area (Å²) in [5.41, 5.74) is 1.14. The molecular formula is C13H19N3O. The number of hydrogen-bond acceptors (Lipinski definition) is 3. The number of piperidine rings is 1.